The van der Waals surface area contributed by atoms with E-state index in [-0.39, 0.29) is 36.7 Å². The van der Waals surface area contributed by atoms with Crippen LogP contribution in [0.5, 0.6) is 0 Å². The van der Waals surface area contributed by atoms with Crippen LogP contribution >= 0.6 is 0 Å². The number of nitrogens with zero attached hydrogens (tertiary/aromatic N) is 1. The van der Waals surface area contributed by atoms with Crippen molar-refractivity contribution in [2.75, 3.05) is 26.3 Å². The summed E-state index contributed by atoms with van der Waals surface area (Å²) in [5.74, 6) is 0.114. The van der Waals surface area contributed by atoms with Gasteiger partial charge in [0.2, 0.25) is 5.91 Å². The Bertz CT molecular complexity index is 284. The van der Waals surface area contributed by atoms with Gasteiger partial charge in [0.25, 0.3) is 0 Å². The van der Waals surface area contributed by atoms with Crippen LogP contribution in [0.15, 0.2) is 0 Å². The van der Waals surface area contributed by atoms with E-state index in [9.17, 15) is 4.79 Å². The number of amides is 1. The lowest BCUT2D eigenvalue weighted by Gasteiger charge is -2.37. The number of rotatable bonds is 2. The molecule has 1 N–H and O–H groups in total. The van der Waals surface area contributed by atoms with E-state index in [1.165, 1.54) is 0 Å². The Labute approximate surface area is 102 Å². The zero-order valence-electron chi connectivity index (χ0n) is 10.5. The molecule has 0 bridgehead atoms. The molecule has 0 aromatic rings. The van der Waals surface area contributed by atoms with Crippen molar-refractivity contribution in [2.24, 2.45) is 5.92 Å². The van der Waals surface area contributed by atoms with E-state index in [0.717, 1.165) is 6.42 Å². The summed E-state index contributed by atoms with van der Waals surface area (Å²) in [5, 5.41) is 9.14. The smallest absolute Gasteiger partial charge is 0.228 e. The monoisotopic (exact) mass is 243 g/mol. The van der Waals surface area contributed by atoms with Crippen molar-refractivity contribution in [2.45, 2.75) is 38.6 Å². The molecule has 0 aromatic carbocycles. The Balaban J connectivity index is 1.98. The van der Waals surface area contributed by atoms with Crippen LogP contribution in [-0.4, -0.2) is 60.5 Å². The first-order valence-corrected chi connectivity index (χ1v) is 6.28. The van der Waals surface area contributed by atoms with Crippen molar-refractivity contribution in [3.63, 3.8) is 0 Å². The standard InChI is InChI=1S/C12H21NO4/c1-8-5-13(6-10(7-14)17-8)12(15)11-3-4-16-9(11)2/h8-11,14H,3-7H2,1-2H3. The highest BCUT2D eigenvalue weighted by molar-refractivity contribution is 5.79. The average molecular weight is 243 g/mol. The summed E-state index contributed by atoms with van der Waals surface area (Å²) in [6.07, 6.45) is 0.547. The molecule has 0 radical (unpaired) electrons. The second-order valence-electron chi connectivity index (χ2n) is 4.97. The van der Waals surface area contributed by atoms with Gasteiger partial charge in [0.15, 0.2) is 0 Å². The summed E-state index contributed by atoms with van der Waals surface area (Å²) in [6, 6.07) is 0. The van der Waals surface area contributed by atoms with Gasteiger partial charge in [-0.15, -0.1) is 0 Å². The molecule has 4 atom stereocenters. The van der Waals surface area contributed by atoms with Crippen LogP contribution in [0.25, 0.3) is 0 Å². The summed E-state index contributed by atoms with van der Waals surface area (Å²) in [5.41, 5.74) is 0. The predicted molar refractivity (Wildman–Crippen MR) is 61.5 cm³/mol. The average Bonchev–Trinajstić information content (AvgIpc) is 2.73. The quantitative estimate of drug-likeness (QED) is 0.743. The van der Waals surface area contributed by atoms with Gasteiger partial charge in [-0.2, -0.15) is 0 Å². The SMILES string of the molecule is CC1CN(C(=O)C2CCOC2C)CC(CO)O1. The number of hydrogen-bond acceptors (Lipinski definition) is 4. The fourth-order valence-electron chi connectivity index (χ4n) is 2.62. The summed E-state index contributed by atoms with van der Waals surface area (Å²) >= 11 is 0. The van der Waals surface area contributed by atoms with E-state index in [1.807, 2.05) is 18.7 Å². The van der Waals surface area contributed by atoms with E-state index >= 15 is 0 Å². The first-order valence-electron chi connectivity index (χ1n) is 6.28. The molecule has 2 aliphatic heterocycles. The van der Waals surface area contributed by atoms with Crippen molar-refractivity contribution < 1.29 is 19.4 Å². The lowest BCUT2D eigenvalue weighted by molar-refractivity contribution is -0.152. The minimum absolute atomic E-state index is 0.00762. The highest BCUT2D eigenvalue weighted by Gasteiger charge is 2.37. The summed E-state index contributed by atoms with van der Waals surface area (Å²) in [4.78, 5) is 14.1. The van der Waals surface area contributed by atoms with Gasteiger partial charge < -0.3 is 19.5 Å². The second kappa shape index (κ2) is 5.33. The number of carbonyl (C=O) groups is 1. The third kappa shape index (κ3) is 2.78. The van der Waals surface area contributed by atoms with Gasteiger partial charge in [0.1, 0.15) is 0 Å². The van der Waals surface area contributed by atoms with Crippen molar-refractivity contribution in [1.29, 1.82) is 0 Å². The zero-order chi connectivity index (χ0) is 12.4. The third-order valence-electron chi connectivity index (χ3n) is 3.54. The Morgan fingerprint density at radius 3 is 2.76 bits per heavy atom. The molecular weight excluding hydrogens is 222 g/mol. The maximum absolute atomic E-state index is 12.3. The first-order chi connectivity index (χ1) is 8.11. The largest absolute Gasteiger partial charge is 0.394 e. The predicted octanol–water partition coefficient (Wildman–Crippen LogP) is 0.0196. The fourth-order valence-corrected chi connectivity index (χ4v) is 2.62. The van der Waals surface area contributed by atoms with Crippen LogP contribution in [0.3, 0.4) is 0 Å². The highest BCUT2D eigenvalue weighted by atomic mass is 16.5. The minimum Gasteiger partial charge on any atom is -0.394 e. The van der Waals surface area contributed by atoms with Gasteiger partial charge in [-0.05, 0) is 20.3 Å². The number of morpholine rings is 1. The van der Waals surface area contributed by atoms with Crippen molar-refractivity contribution >= 4 is 5.91 Å². The van der Waals surface area contributed by atoms with Crippen LogP contribution in [0, 0.1) is 5.92 Å². The lowest BCUT2D eigenvalue weighted by atomic mass is 10.00. The molecule has 2 fully saturated rings. The molecule has 0 saturated carbocycles. The van der Waals surface area contributed by atoms with Gasteiger partial charge in [0.05, 0.1) is 30.8 Å². The van der Waals surface area contributed by atoms with Crippen LogP contribution < -0.4 is 0 Å². The van der Waals surface area contributed by atoms with Gasteiger partial charge >= 0.3 is 0 Å². The van der Waals surface area contributed by atoms with Crippen LogP contribution in [0.4, 0.5) is 0 Å². The number of hydrogen-bond donors (Lipinski definition) is 1. The Morgan fingerprint density at radius 2 is 2.18 bits per heavy atom. The molecule has 98 valence electrons. The van der Waals surface area contributed by atoms with E-state index in [4.69, 9.17) is 14.6 Å². The molecule has 5 heteroatoms. The second-order valence-corrected chi connectivity index (χ2v) is 4.97. The van der Waals surface area contributed by atoms with Crippen LogP contribution in [0.2, 0.25) is 0 Å². The van der Waals surface area contributed by atoms with Gasteiger partial charge in [-0.25, -0.2) is 0 Å². The molecule has 2 heterocycles. The summed E-state index contributed by atoms with van der Waals surface area (Å²) < 4.78 is 11.0. The molecule has 17 heavy (non-hydrogen) atoms. The van der Waals surface area contributed by atoms with E-state index in [1.54, 1.807) is 0 Å². The van der Waals surface area contributed by atoms with Crippen molar-refractivity contribution in [1.82, 2.24) is 4.90 Å². The van der Waals surface area contributed by atoms with Gasteiger partial charge in [0, 0.05) is 19.7 Å². The Hall–Kier alpha value is -0.650. The molecule has 2 aliphatic rings. The zero-order valence-corrected chi connectivity index (χ0v) is 10.5. The molecule has 2 rings (SSSR count). The van der Waals surface area contributed by atoms with E-state index in [0.29, 0.717) is 19.7 Å². The fraction of sp³-hybridized carbons (Fsp3) is 0.917. The van der Waals surface area contributed by atoms with Gasteiger partial charge in [-0.3, -0.25) is 4.79 Å². The third-order valence-corrected chi connectivity index (χ3v) is 3.54. The van der Waals surface area contributed by atoms with E-state index < -0.39 is 0 Å². The van der Waals surface area contributed by atoms with Crippen molar-refractivity contribution in [3.8, 4) is 0 Å². The lowest BCUT2D eigenvalue weighted by Crippen LogP contribution is -2.52. The molecule has 2 saturated heterocycles. The molecule has 0 aliphatic carbocycles. The van der Waals surface area contributed by atoms with E-state index in [2.05, 4.69) is 0 Å². The molecule has 1 amide bonds. The maximum atomic E-state index is 12.3. The normalized spacial score (nSPS) is 38.4. The topological polar surface area (TPSA) is 59.0 Å². The molecular formula is C12H21NO4. The molecule has 0 spiro atoms. The van der Waals surface area contributed by atoms with Crippen LogP contribution in [0.1, 0.15) is 20.3 Å². The summed E-state index contributed by atoms with van der Waals surface area (Å²) in [6.45, 7) is 5.60. The number of carbonyl (C=O) groups excluding carboxylic acids is 1. The summed E-state index contributed by atoms with van der Waals surface area (Å²) in [7, 11) is 0. The first kappa shape index (κ1) is 12.8. The van der Waals surface area contributed by atoms with Crippen LogP contribution in [-0.2, 0) is 14.3 Å². The maximum Gasteiger partial charge on any atom is 0.228 e. The highest BCUT2D eigenvalue weighted by Crippen LogP contribution is 2.24. The van der Waals surface area contributed by atoms with Crippen molar-refractivity contribution in [3.05, 3.63) is 0 Å². The van der Waals surface area contributed by atoms with Gasteiger partial charge in [-0.1, -0.05) is 0 Å². The molecule has 4 unspecified atom stereocenters. The Morgan fingerprint density at radius 1 is 1.41 bits per heavy atom. The number of aliphatic hydroxyl groups is 1. The Kier molecular flexibility index (Phi) is 4.01. The minimum atomic E-state index is -0.250. The number of aliphatic hydroxyl groups excluding tert-OH is 1. The number of ether oxygens (including phenoxy) is 2. The molecule has 5 nitrogen and oxygen atoms in total. The molecule has 0 aromatic heterocycles.